The van der Waals surface area contributed by atoms with Gasteiger partial charge in [0, 0.05) is 31.9 Å². The van der Waals surface area contributed by atoms with Gasteiger partial charge in [0.2, 0.25) is 5.91 Å². The Labute approximate surface area is 147 Å². The largest absolute Gasteiger partial charge is 0.368 e. The lowest BCUT2D eigenvalue weighted by molar-refractivity contribution is -0.136. The highest BCUT2D eigenvalue weighted by molar-refractivity contribution is 5.76. The zero-order valence-electron chi connectivity index (χ0n) is 14.7. The first-order valence-corrected chi connectivity index (χ1v) is 8.74. The van der Waals surface area contributed by atoms with Crippen molar-refractivity contribution in [3.8, 4) is 11.5 Å². The van der Waals surface area contributed by atoms with E-state index in [-0.39, 0.29) is 18.6 Å². The number of piperidine rings is 1. The Morgan fingerprint density at radius 2 is 2.36 bits per heavy atom. The molecule has 2 aromatic rings. The third-order valence-corrected chi connectivity index (χ3v) is 4.14. The zero-order chi connectivity index (χ0) is 17.6. The molecule has 1 fully saturated rings. The van der Waals surface area contributed by atoms with Gasteiger partial charge in [-0.2, -0.15) is 4.98 Å². The van der Waals surface area contributed by atoms with Crippen LogP contribution < -0.4 is 0 Å². The van der Waals surface area contributed by atoms with Gasteiger partial charge < -0.3 is 14.2 Å². The van der Waals surface area contributed by atoms with E-state index in [0.717, 1.165) is 24.9 Å². The van der Waals surface area contributed by atoms with Crippen LogP contribution in [0.5, 0.6) is 0 Å². The van der Waals surface area contributed by atoms with Gasteiger partial charge >= 0.3 is 0 Å². The van der Waals surface area contributed by atoms with Crippen LogP contribution in [0.1, 0.15) is 38.9 Å². The zero-order valence-corrected chi connectivity index (χ0v) is 14.7. The molecule has 2 aromatic heterocycles. The molecule has 3 rings (SSSR count). The van der Waals surface area contributed by atoms with E-state index in [4.69, 9.17) is 9.26 Å². The van der Waals surface area contributed by atoms with E-state index in [1.54, 1.807) is 12.4 Å². The van der Waals surface area contributed by atoms with E-state index >= 15 is 0 Å². The Kier molecular flexibility index (Phi) is 5.75. The maximum Gasteiger partial charge on any atom is 0.259 e. The van der Waals surface area contributed by atoms with Gasteiger partial charge in [-0.25, -0.2) is 0 Å². The summed E-state index contributed by atoms with van der Waals surface area (Å²) in [4.78, 5) is 22.5. The number of rotatable bonds is 6. The molecule has 0 aromatic carbocycles. The summed E-state index contributed by atoms with van der Waals surface area (Å²) in [5.41, 5.74) is 0.782. The smallest absolute Gasteiger partial charge is 0.259 e. The summed E-state index contributed by atoms with van der Waals surface area (Å²) in [7, 11) is 0. The topological polar surface area (TPSA) is 81.4 Å². The summed E-state index contributed by atoms with van der Waals surface area (Å²) in [5, 5.41) is 3.95. The predicted octanol–water partition coefficient (Wildman–Crippen LogP) is 2.69. The Bertz CT molecular complexity index is 687. The van der Waals surface area contributed by atoms with Gasteiger partial charge in [-0.15, -0.1) is 0 Å². The van der Waals surface area contributed by atoms with Crippen molar-refractivity contribution in [2.75, 3.05) is 13.1 Å². The van der Waals surface area contributed by atoms with Crippen LogP contribution >= 0.6 is 0 Å². The van der Waals surface area contributed by atoms with E-state index in [0.29, 0.717) is 30.6 Å². The van der Waals surface area contributed by atoms with Crippen LogP contribution in [0.4, 0.5) is 0 Å². The fourth-order valence-corrected chi connectivity index (χ4v) is 2.89. The van der Waals surface area contributed by atoms with Crippen molar-refractivity contribution in [3.63, 3.8) is 0 Å². The molecule has 25 heavy (non-hydrogen) atoms. The van der Waals surface area contributed by atoms with E-state index in [1.807, 2.05) is 17.0 Å². The fourth-order valence-electron chi connectivity index (χ4n) is 2.89. The monoisotopic (exact) mass is 344 g/mol. The van der Waals surface area contributed by atoms with Gasteiger partial charge in [0.05, 0.1) is 11.7 Å². The van der Waals surface area contributed by atoms with Crippen molar-refractivity contribution in [3.05, 3.63) is 30.4 Å². The quantitative estimate of drug-likeness (QED) is 0.801. The number of carbonyl (C=O) groups is 1. The summed E-state index contributed by atoms with van der Waals surface area (Å²) in [6.07, 6.45) is 5.88. The molecule has 1 amide bonds. The number of nitrogens with zero attached hydrogens (tertiary/aromatic N) is 4. The average Bonchev–Trinajstić information content (AvgIpc) is 3.09. The number of hydrogen-bond acceptors (Lipinski definition) is 6. The van der Waals surface area contributed by atoms with Crippen molar-refractivity contribution in [2.24, 2.45) is 5.92 Å². The molecule has 0 radical (unpaired) electrons. The molecular formula is C18H24N4O3. The molecular weight excluding hydrogens is 320 g/mol. The number of ether oxygens (including phenoxy) is 1. The van der Waals surface area contributed by atoms with Crippen molar-refractivity contribution in [1.29, 1.82) is 0 Å². The van der Waals surface area contributed by atoms with Crippen molar-refractivity contribution < 1.29 is 14.1 Å². The van der Waals surface area contributed by atoms with Gasteiger partial charge in [0.25, 0.3) is 5.89 Å². The first kappa shape index (κ1) is 17.5. The fraction of sp³-hybridized carbons (Fsp3) is 0.556. The van der Waals surface area contributed by atoms with Crippen molar-refractivity contribution in [2.45, 2.75) is 45.8 Å². The van der Waals surface area contributed by atoms with Crippen LogP contribution in [0, 0.1) is 5.92 Å². The predicted molar refractivity (Wildman–Crippen MR) is 91.4 cm³/mol. The number of pyridine rings is 1. The molecule has 0 spiro atoms. The van der Waals surface area contributed by atoms with Gasteiger partial charge in [0.15, 0.2) is 5.82 Å². The molecule has 7 heteroatoms. The second-order valence-electron chi connectivity index (χ2n) is 6.77. The highest BCUT2D eigenvalue weighted by Crippen LogP contribution is 2.18. The third kappa shape index (κ3) is 4.85. The third-order valence-electron chi connectivity index (χ3n) is 4.14. The van der Waals surface area contributed by atoms with E-state index < -0.39 is 0 Å². The minimum absolute atomic E-state index is 0.0187. The first-order chi connectivity index (χ1) is 12.1. The minimum Gasteiger partial charge on any atom is -0.368 e. The van der Waals surface area contributed by atoms with Crippen LogP contribution in [0.15, 0.2) is 29.0 Å². The second-order valence-corrected chi connectivity index (χ2v) is 6.77. The number of carbonyl (C=O) groups excluding carboxylic acids is 1. The number of aromatic nitrogens is 3. The highest BCUT2D eigenvalue weighted by atomic mass is 16.5. The lowest BCUT2D eigenvalue weighted by atomic mass is 10.1. The molecule has 1 aliphatic heterocycles. The van der Waals surface area contributed by atoms with E-state index in [1.165, 1.54) is 0 Å². The minimum atomic E-state index is 0.0187. The average molecular weight is 344 g/mol. The molecule has 1 unspecified atom stereocenters. The second kappa shape index (κ2) is 8.20. The van der Waals surface area contributed by atoms with Crippen LogP contribution in [0.25, 0.3) is 11.5 Å². The molecule has 7 nitrogen and oxygen atoms in total. The molecule has 3 heterocycles. The number of amides is 1. The molecule has 0 bridgehead atoms. The molecule has 0 aliphatic carbocycles. The summed E-state index contributed by atoms with van der Waals surface area (Å²) in [5.74, 6) is 1.52. The van der Waals surface area contributed by atoms with Gasteiger partial charge in [-0.3, -0.25) is 9.78 Å². The van der Waals surface area contributed by atoms with Gasteiger partial charge in [-0.1, -0.05) is 19.0 Å². The maximum absolute atomic E-state index is 12.2. The Morgan fingerprint density at radius 3 is 3.12 bits per heavy atom. The maximum atomic E-state index is 12.2. The lowest BCUT2D eigenvalue weighted by Gasteiger charge is -2.33. The van der Waals surface area contributed by atoms with Gasteiger partial charge in [-0.05, 0) is 30.9 Å². The van der Waals surface area contributed by atoms with Crippen molar-refractivity contribution in [1.82, 2.24) is 20.0 Å². The Balaban J connectivity index is 1.52. The first-order valence-electron chi connectivity index (χ1n) is 8.74. The normalized spacial score (nSPS) is 17.9. The summed E-state index contributed by atoms with van der Waals surface area (Å²) in [6.45, 7) is 5.86. The van der Waals surface area contributed by atoms with Gasteiger partial charge in [0.1, 0.15) is 6.61 Å². The van der Waals surface area contributed by atoms with E-state index in [9.17, 15) is 4.79 Å². The summed E-state index contributed by atoms with van der Waals surface area (Å²) < 4.78 is 11.2. The number of likely N-dealkylation sites (tertiary alicyclic amines) is 1. The molecule has 1 saturated heterocycles. The van der Waals surface area contributed by atoms with E-state index in [2.05, 4.69) is 29.0 Å². The number of hydrogen-bond donors (Lipinski definition) is 0. The molecule has 0 saturated carbocycles. The molecule has 1 atom stereocenters. The lowest BCUT2D eigenvalue weighted by Crippen LogP contribution is -2.43. The van der Waals surface area contributed by atoms with Crippen LogP contribution in [-0.2, 0) is 16.1 Å². The SMILES string of the molecule is CC(C)CC(=O)N1CCCC(OCc2noc(-c3cccnc3)n2)C1. The summed E-state index contributed by atoms with van der Waals surface area (Å²) >= 11 is 0. The molecule has 134 valence electrons. The van der Waals surface area contributed by atoms with Crippen LogP contribution in [0.2, 0.25) is 0 Å². The van der Waals surface area contributed by atoms with Crippen LogP contribution in [-0.4, -0.2) is 45.1 Å². The Hall–Kier alpha value is -2.28. The molecule has 1 aliphatic rings. The van der Waals surface area contributed by atoms with Crippen LogP contribution in [0.3, 0.4) is 0 Å². The molecule has 0 N–H and O–H groups in total. The van der Waals surface area contributed by atoms with Crippen molar-refractivity contribution >= 4 is 5.91 Å². The Morgan fingerprint density at radius 1 is 1.48 bits per heavy atom. The highest BCUT2D eigenvalue weighted by Gasteiger charge is 2.25. The summed E-state index contributed by atoms with van der Waals surface area (Å²) in [6, 6.07) is 3.69. The standard InChI is InChI=1S/C18H24N4O3/c1-13(2)9-17(23)22-8-4-6-15(11-22)24-12-16-20-18(25-21-16)14-5-3-7-19-10-14/h3,5,7,10,13,15H,4,6,8-9,11-12H2,1-2H3.